The molecule has 0 aliphatic carbocycles. The quantitative estimate of drug-likeness (QED) is 0.807. The molecule has 4 heteroatoms. The molecule has 1 N–H and O–H groups in total. The van der Waals surface area contributed by atoms with E-state index in [4.69, 9.17) is 0 Å². The number of aromatic nitrogens is 2. The van der Waals surface area contributed by atoms with Crippen LogP contribution in [-0.2, 0) is 0 Å². The van der Waals surface area contributed by atoms with E-state index in [0.717, 1.165) is 37.0 Å². The van der Waals surface area contributed by atoms with E-state index in [2.05, 4.69) is 54.8 Å². The van der Waals surface area contributed by atoms with E-state index in [1.165, 1.54) is 6.42 Å². The standard InChI is InChI=1S/C14H26N4/c1-6-11(4)10-18(8-3)13-12(5)9-16-14(17-13)15-7-2/h9,11H,6-8,10H2,1-5H3,(H,15,16,17). The normalized spacial score (nSPS) is 12.3. The summed E-state index contributed by atoms with van der Waals surface area (Å²) in [5, 5.41) is 3.17. The predicted octanol–water partition coefficient (Wildman–Crippen LogP) is 3.09. The first kappa shape index (κ1) is 14.7. The average molecular weight is 250 g/mol. The highest BCUT2D eigenvalue weighted by molar-refractivity contribution is 5.48. The topological polar surface area (TPSA) is 41.1 Å². The molecule has 0 radical (unpaired) electrons. The number of anilines is 2. The van der Waals surface area contributed by atoms with Crippen molar-refractivity contribution in [1.29, 1.82) is 0 Å². The van der Waals surface area contributed by atoms with Gasteiger partial charge in [-0.3, -0.25) is 0 Å². The molecular weight excluding hydrogens is 224 g/mol. The van der Waals surface area contributed by atoms with Crippen LogP contribution in [-0.4, -0.2) is 29.6 Å². The first-order valence-electron chi connectivity index (χ1n) is 6.94. The SMILES string of the molecule is CCNc1ncc(C)c(N(CC)CC(C)CC)n1. The zero-order valence-electron chi connectivity index (χ0n) is 12.3. The molecule has 0 saturated carbocycles. The lowest BCUT2D eigenvalue weighted by Crippen LogP contribution is -2.29. The first-order chi connectivity index (χ1) is 8.62. The maximum absolute atomic E-state index is 4.62. The van der Waals surface area contributed by atoms with Crippen molar-refractivity contribution >= 4 is 11.8 Å². The molecule has 1 aromatic heterocycles. The highest BCUT2D eigenvalue weighted by Crippen LogP contribution is 2.19. The third kappa shape index (κ3) is 3.86. The van der Waals surface area contributed by atoms with Gasteiger partial charge in [-0.25, -0.2) is 4.98 Å². The minimum Gasteiger partial charge on any atom is -0.356 e. The lowest BCUT2D eigenvalue weighted by molar-refractivity contribution is 0.545. The van der Waals surface area contributed by atoms with E-state index in [-0.39, 0.29) is 0 Å². The lowest BCUT2D eigenvalue weighted by Gasteiger charge is -2.26. The molecule has 0 aliphatic heterocycles. The van der Waals surface area contributed by atoms with Gasteiger partial charge in [-0.1, -0.05) is 20.3 Å². The van der Waals surface area contributed by atoms with Crippen molar-refractivity contribution in [1.82, 2.24) is 9.97 Å². The maximum Gasteiger partial charge on any atom is 0.224 e. The molecule has 0 spiro atoms. The molecule has 1 aromatic rings. The monoisotopic (exact) mass is 250 g/mol. The van der Waals surface area contributed by atoms with Gasteiger partial charge in [-0.15, -0.1) is 0 Å². The van der Waals surface area contributed by atoms with Gasteiger partial charge < -0.3 is 10.2 Å². The molecule has 0 saturated heterocycles. The third-order valence-electron chi connectivity index (χ3n) is 3.19. The van der Waals surface area contributed by atoms with Gasteiger partial charge in [0, 0.05) is 31.4 Å². The fraction of sp³-hybridized carbons (Fsp3) is 0.714. The van der Waals surface area contributed by atoms with Crippen LogP contribution in [0.3, 0.4) is 0 Å². The Kier molecular flexibility index (Phi) is 5.89. The summed E-state index contributed by atoms with van der Waals surface area (Å²) in [4.78, 5) is 11.3. The van der Waals surface area contributed by atoms with E-state index in [1.807, 2.05) is 6.20 Å². The largest absolute Gasteiger partial charge is 0.356 e. The van der Waals surface area contributed by atoms with Crippen molar-refractivity contribution in [3.05, 3.63) is 11.8 Å². The van der Waals surface area contributed by atoms with Crippen molar-refractivity contribution < 1.29 is 0 Å². The summed E-state index contributed by atoms with van der Waals surface area (Å²) in [5.74, 6) is 2.46. The summed E-state index contributed by atoms with van der Waals surface area (Å²) < 4.78 is 0. The predicted molar refractivity (Wildman–Crippen MR) is 78.3 cm³/mol. The van der Waals surface area contributed by atoms with Crippen molar-refractivity contribution in [2.24, 2.45) is 5.92 Å². The Morgan fingerprint density at radius 2 is 2.06 bits per heavy atom. The van der Waals surface area contributed by atoms with Gasteiger partial charge in [0.05, 0.1) is 0 Å². The fourth-order valence-electron chi connectivity index (χ4n) is 1.87. The molecule has 0 amide bonds. The highest BCUT2D eigenvalue weighted by atomic mass is 15.2. The zero-order chi connectivity index (χ0) is 13.5. The second kappa shape index (κ2) is 7.19. The van der Waals surface area contributed by atoms with Gasteiger partial charge in [-0.05, 0) is 26.7 Å². The zero-order valence-corrected chi connectivity index (χ0v) is 12.3. The summed E-state index contributed by atoms with van der Waals surface area (Å²) in [6.45, 7) is 13.7. The van der Waals surface area contributed by atoms with Crippen LogP contribution in [0.2, 0.25) is 0 Å². The summed E-state index contributed by atoms with van der Waals surface area (Å²) in [6.07, 6.45) is 3.10. The van der Waals surface area contributed by atoms with Gasteiger partial charge >= 0.3 is 0 Å². The molecular formula is C14H26N4. The highest BCUT2D eigenvalue weighted by Gasteiger charge is 2.13. The van der Waals surface area contributed by atoms with Gasteiger partial charge in [0.15, 0.2) is 0 Å². The van der Waals surface area contributed by atoms with E-state index in [1.54, 1.807) is 0 Å². The van der Waals surface area contributed by atoms with Gasteiger partial charge in [0.1, 0.15) is 5.82 Å². The van der Waals surface area contributed by atoms with Crippen LogP contribution in [0.1, 0.15) is 39.7 Å². The molecule has 1 rings (SSSR count). The maximum atomic E-state index is 4.62. The van der Waals surface area contributed by atoms with Crippen molar-refractivity contribution in [2.45, 2.75) is 41.0 Å². The van der Waals surface area contributed by atoms with Crippen molar-refractivity contribution in [3.63, 3.8) is 0 Å². The molecule has 102 valence electrons. The average Bonchev–Trinajstić information content (AvgIpc) is 2.38. The van der Waals surface area contributed by atoms with E-state index in [9.17, 15) is 0 Å². The number of nitrogens with zero attached hydrogens (tertiary/aromatic N) is 3. The van der Waals surface area contributed by atoms with Crippen LogP contribution >= 0.6 is 0 Å². The van der Waals surface area contributed by atoms with E-state index >= 15 is 0 Å². The number of rotatable bonds is 7. The second-order valence-electron chi connectivity index (χ2n) is 4.78. The van der Waals surface area contributed by atoms with E-state index < -0.39 is 0 Å². The Morgan fingerprint density at radius 3 is 2.61 bits per heavy atom. The number of hydrogen-bond acceptors (Lipinski definition) is 4. The van der Waals surface area contributed by atoms with Crippen LogP contribution in [0.15, 0.2) is 6.20 Å². The summed E-state index contributed by atoms with van der Waals surface area (Å²) in [6, 6.07) is 0. The van der Waals surface area contributed by atoms with Crippen LogP contribution in [0, 0.1) is 12.8 Å². The Morgan fingerprint density at radius 1 is 1.33 bits per heavy atom. The smallest absolute Gasteiger partial charge is 0.224 e. The Hall–Kier alpha value is -1.32. The molecule has 1 unspecified atom stereocenters. The molecule has 1 atom stereocenters. The summed E-state index contributed by atoms with van der Waals surface area (Å²) in [5.41, 5.74) is 1.14. The van der Waals surface area contributed by atoms with Crippen molar-refractivity contribution in [3.8, 4) is 0 Å². The number of hydrogen-bond donors (Lipinski definition) is 1. The Labute approximate surface area is 111 Å². The summed E-state index contributed by atoms with van der Waals surface area (Å²) in [7, 11) is 0. The van der Waals surface area contributed by atoms with Gasteiger partial charge in [-0.2, -0.15) is 4.98 Å². The first-order valence-corrected chi connectivity index (χ1v) is 6.94. The van der Waals surface area contributed by atoms with E-state index in [0.29, 0.717) is 5.92 Å². The third-order valence-corrected chi connectivity index (χ3v) is 3.19. The minimum absolute atomic E-state index is 0.682. The summed E-state index contributed by atoms with van der Waals surface area (Å²) >= 11 is 0. The molecule has 0 aliphatic rings. The molecule has 0 bridgehead atoms. The molecule has 0 fully saturated rings. The molecule has 1 heterocycles. The fourth-order valence-corrected chi connectivity index (χ4v) is 1.87. The van der Waals surface area contributed by atoms with Crippen LogP contribution in [0.5, 0.6) is 0 Å². The number of nitrogens with one attached hydrogen (secondary N) is 1. The molecule has 4 nitrogen and oxygen atoms in total. The second-order valence-corrected chi connectivity index (χ2v) is 4.78. The van der Waals surface area contributed by atoms with Crippen LogP contribution in [0.4, 0.5) is 11.8 Å². The Bertz CT molecular complexity index is 365. The van der Waals surface area contributed by atoms with Crippen molar-refractivity contribution in [2.75, 3.05) is 29.9 Å². The molecule has 18 heavy (non-hydrogen) atoms. The van der Waals surface area contributed by atoms with Gasteiger partial charge in [0.2, 0.25) is 5.95 Å². The number of aryl methyl sites for hydroxylation is 1. The van der Waals surface area contributed by atoms with Crippen LogP contribution < -0.4 is 10.2 Å². The van der Waals surface area contributed by atoms with Gasteiger partial charge in [0.25, 0.3) is 0 Å². The minimum atomic E-state index is 0.682. The lowest BCUT2D eigenvalue weighted by atomic mass is 10.1. The molecule has 0 aromatic carbocycles. The van der Waals surface area contributed by atoms with Crippen LogP contribution in [0.25, 0.3) is 0 Å². The Balaban J connectivity index is 2.92.